The smallest absolute Gasteiger partial charge is 0.169 e. The summed E-state index contributed by atoms with van der Waals surface area (Å²) in [7, 11) is 1.93. The van der Waals surface area contributed by atoms with Crippen molar-refractivity contribution in [3.8, 4) is 0 Å². The molecule has 0 spiro atoms. The molecule has 0 bridgehead atoms. The van der Waals surface area contributed by atoms with Crippen LogP contribution < -0.4 is 5.30 Å². The third kappa shape index (κ3) is 2.75. The maximum atomic E-state index is 15.0. The topological polar surface area (TPSA) is 17.1 Å². The van der Waals surface area contributed by atoms with E-state index in [0.29, 0.717) is 24.0 Å². The summed E-state index contributed by atoms with van der Waals surface area (Å²) in [4.78, 5) is 12.8. The Morgan fingerprint density at radius 2 is 1.59 bits per heavy atom. The first-order valence-electron chi connectivity index (χ1n) is 9.99. The summed E-state index contributed by atoms with van der Waals surface area (Å²) in [6.45, 7) is 20.4. The highest BCUT2D eigenvalue weighted by Crippen LogP contribution is 2.63. The first-order chi connectivity index (χ1) is 13.4. The lowest BCUT2D eigenvalue weighted by Crippen LogP contribution is -2.48. The summed E-state index contributed by atoms with van der Waals surface area (Å²) in [5, 5.41) is -0.438. The molecule has 5 unspecified atom stereocenters. The molecule has 0 aromatic heterocycles. The Kier molecular flexibility index (Phi) is 5.49. The third-order valence-corrected chi connectivity index (χ3v) is 7.67. The first kappa shape index (κ1) is 22.0. The molecule has 5 atom stereocenters. The minimum Gasteiger partial charge on any atom is -0.299 e. The van der Waals surface area contributed by atoms with Gasteiger partial charge in [0.05, 0.1) is 0 Å². The van der Waals surface area contributed by atoms with E-state index in [0.717, 1.165) is 5.57 Å². The second-order valence-electron chi connectivity index (χ2n) is 8.80. The normalized spacial score (nSPS) is 29.8. The lowest BCUT2D eigenvalue weighted by molar-refractivity contribution is -0.128. The summed E-state index contributed by atoms with van der Waals surface area (Å²) in [5.41, 5.74) is 0.702. The zero-order chi connectivity index (χ0) is 22.0. The van der Waals surface area contributed by atoms with Gasteiger partial charge in [0, 0.05) is 40.1 Å². The number of fused-ring (bicyclic) bond motifs is 1. The maximum Gasteiger partial charge on any atom is 0.169 e. The predicted octanol–water partition coefficient (Wildman–Crippen LogP) is 6.09. The average Bonchev–Trinajstić information content (AvgIpc) is 2.90. The van der Waals surface area contributed by atoms with Crippen molar-refractivity contribution in [3.63, 3.8) is 0 Å². The van der Waals surface area contributed by atoms with Gasteiger partial charge in [0.15, 0.2) is 11.6 Å². The van der Waals surface area contributed by atoms with E-state index < -0.39 is 34.1 Å². The highest BCUT2D eigenvalue weighted by molar-refractivity contribution is 7.27. The van der Waals surface area contributed by atoms with Crippen LogP contribution in [0.5, 0.6) is 0 Å². The van der Waals surface area contributed by atoms with Crippen LogP contribution in [-0.2, 0) is 4.79 Å². The molecule has 156 valence electrons. The van der Waals surface area contributed by atoms with E-state index in [-0.39, 0.29) is 34.7 Å². The van der Waals surface area contributed by atoms with E-state index in [1.807, 2.05) is 36.9 Å². The van der Waals surface area contributed by atoms with Crippen LogP contribution in [0.25, 0.3) is 11.1 Å². The first-order valence-corrected chi connectivity index (χ1v) is 10.6. The molecule has 1 aromatic rings. The van der Waals surface area contributed by atoms with E-state index >= 15 is 0 Å². The van der Waals surface area contributed by atoms with Crippen LogP contribution in [0.15, 0.2) is 25.3 Å². The molecule has 1 saturated carbocycles. The van der Waals surface area contributed by atoms with Gasteiger partial charge in [0.1, 0.15) is 11.6 Å². The lowest BCUT2D eigenvalue weighted by Gasteiger charge is -2.52. The van der Waals surface area contributed by atoms with Gasteiger partial charge in [-0.15, -0.1) is 0 Å². The van der Waals surface area contributed by atoms with Gasteiger partial charge >= 0.3 is 0 Å². The molecule has 29 heavy (non-hydrogen) atoms. The van der Waals surface area contributed by atoms with Crippen molar-refractivity contribution >= 4 is 31.5 Å². The number of rotatable bonds is 3. The fourth-order valence-corrected chi connectivity index (χ4v) is 6.11. The second-order valence-corrected chi connectivity index (χ2v) is 9.38. The molecule has 2 aliphatic rings. The molecule has 0 saturated heterocycles. The van der Waals surface area contributed by atoms with Gasteiger partial charge in [-0.2, -0.15) is 0 Å². The maximum absolute atomic E-state index is 15.0. The van der Waals surface area contributed by atoms with Gasteiger partial charge in [-0.3, -0.25) is 4.79 Å². The highest BCUT2D eigenvalue weighted by atomic mass is 31.0. The SMILES string of the molecule is C=C1c2c(F)c(F)c(P)c(F)c2C(=C)C1C1(CC)C(=C)C(C(C)C)C(=O)CC1C. The Labute approximate surface area is 173 Å². The number of hydrogen-bond acceptors (Lipinski definition) is 1. The molecule has 3 rings (SSSR count). The molecule has 0 heterocycles. The Morgan fingerprint density at radius 1 is 1.07 bits per heavy atom. The van der Waals surface area contributed by atoms with Crippen molar-refractivity contribution in [1.82, 2.24) is 0 Å². The average molecular weight is 420 g/mol. The van der Waals surface area contributed by atoms with Gasteiger partial charge in [0.25, 0.3) is 0 Å². The molecule has 2 aliphatic carbocycles. The largest absolute Gasteiger partial charge is 0.299 e. The molecular weight excluding hydrogens is 392 g/mol. The van der Waals surface area contributed by atoms with E-state index in [2.05, 4.69) is 19.7 Å². The van der Waals surface area contributed by atoms with Crippen molar-refractivity contribution in [2.24, 2.45) is 29.1 Å². The van der Waals surface area contributed by atoms with E-state index in [1.54, 1.807) is 0 Å². The zero-order valence-electron chi connectivity index (χ0n) is 17.5. The van der Waals surface area contributed by atoms with Crippen molar-refractivity contribution in [2.75, 3.05) is 0 Å². The quantitative estimate of drug-likeness (QED) is 0.328. The van der Waals surface area contributed by atoms with E-state index in [1.165, 1.54) is 0 Å². The Morgan fingerprint density at radius 3 is 2.07 bits per heavy atom. The molecule has 0 aliphatic heterocycles. The van der Waals surface area contributed by atoms with Gasteiger partial charge in [0.2, 0.25) is 0 Å². The zero-order valence-corrected chi connectivity index (χ0v) is 18.6. The molecule has 1 aromatic carbocycles. The third-order valence-electron chi connectivity index (χ3n) is 7.17. The van der Waals surface area contributed by atoms with Crippen LogP contribution >= 0.6 is 9.24 Å². The van der Waals surface area contributed by atoms with Crippen molar-refractivity contribution in [2.45, 2.75) is 40.5 Å². The van der Waals surface area contributed by atoms with Gasteiger partial charge < -0.3 is 0 Å². The number of allylic oxidation sites excluding steroid dienone is 3. The molecular formula is C24H28F3OP. The summed E-state index contributed by atoms with van der Waals surface area (Å²) in [6, 6.07) is 0. The van der Waals surface area contributed by atoms with Crippen LogP contribution in [0.2, 0.25) is 0 Å². The molecule has 0 N–H and O–H groups in total. The summed E-state index contributed by atoms with van der Waals surface area (Å²) in [5.74, 6) is -3.92. The molecule has 1 nitrogen and oxygen atoms in total. The van der Waals surface area contributed by atoms with Crippen LogP contribution in [0, 0.1) is 46.5 Å². The molecule has 1 fully saturated rings. The lowest BCUT2D eigenvalue weighted by atomic mass is 9.51. The highest BCUT2D eigenvalue weighted by Gasteiger charge is 2.56. The minimum absolute atomic E-state index is 0.00489. The summed E-state index contributed by atoms with van der Waals surface area (Å²) < 4.78 is 44.2. The van der Waals surface area contributed by atoms with Crippen molar-refractivity contribution in [3.05, 3.63) is 53.9 Å². The molecule has 5 heteroatoms. The van der Waals surface area contributed by atoms with Crippen LogP contribution in [-0.4, -0.2) is 5.78 Å². The fraction of sp³-hybridized carbons (Fsp3) is 0.458. The van der Waals surface area contributed by atoms with E-state index in [9.17, 15) is 18.0 Å². The van der Waals surface area contributed by atoms with Crippen molar-refractivity contribution < 1.29 is 18.0 Å². The van der Waals surface area contributed by atoms with Gasteiger partial charge in [-0.05, 0) is 29.4 Å². The van der Waals surface area contributed by atoms with E-state index in [4.69, 9.17) is 0 Å². The summed E-state index contributed by atoms with van der Waals surface area (Å²) in [6.07, 6.45) is 0.969. The Hall–Kier alpha value is -1.67. The number of carbonyl (C=O) groups excluding carboxylic acids is 1. The standard InChI is InChI=1S/C24H28F3OP/c1-8-24(11(4)9-15(28)16(10(2)3)14(24)7)19-12(5)17-18(13(19)6)21(26)23(29)22(27)20(17)25/h10-11,16,19H,5-9,29H2,1-4H3. The monoisotopic (exact) mass is 420 g/mol. The van der Waals surface area contributed by atoms with Gasteiger partial charge in [-0.1, -0.05) is 62.2 Å². The minimum atomic E-state index is -1.22. The number of carbonyl (C=O) groups is 1. The molecule has 0 radical (unpaired) electrons. The number of hydrogen-bond donors (Lipinski definition) is 0. The molecule has 0 amide bonds. The Balaban J connectivity index is 2.26. The number of halogens is 3. The van der Waals surface area contributed by atoms with Crippen LogP contribution in [0.3, 0.4) is 0 Å². The predicted molar refractivity (Wildman–Crippen MR) is 116 cm³/mol. The van der Waals surface area contributed by atoms with Gasteiger partial charge in [-0.25, -0.2) is 13.2 Å². The van der Waals surface area contributed by atoms with Crippen LogP contribution in [0.4, 0.5) is 13.2 Å². The van der Waals surface area contributed by atoms with Crippen LogP contribution in [0.1, 0.15) is 51.7 Å². The summed E-state index contributed by atoms with van der Waals surface area (Å²) >= 11 is 0. The number of ketones is 1. The second kappa shape index (κ2) is 7.23. The van der Waals surface area contributed by atoms with Crippen molar-refractivity contribution in [1.29, 1.82) is 0 Å². The number of benzene rings is 1. The number of Topliss-reactive ketones (excluding diaryl/α,β-unsaturated/α-hetero) is 1. The Bertz CT molecular complexity index is 915. The fourth-order valence-electron chi connectivity index (χ4n) is 5.84.